The van der Waals surface area contributed by atoms with Crippen molar-refractivity contribution >= 4 is 29.1 Å². The Balaban J connectivity index is 1.56. The molecule has 10 heteroatoms. The Bertz CT molecular complexity index is 1240. The summed E-state index contributed by atoms with van der Waals surface area (Å²) in [7, 11) is 1.24. The number of hydrogen-bond donors (Lipinski definition) is 3. The van der Waals surface area contributed by atoms with Crippen LogP contribution in [0.4, 0.5) is 36.3 Å². The second-order valence-corrected chi connectivity index (χ2v) is 8.48. The summed E-state index contributed by atoms with van der Waals surface area (Å²) in [6.45, 7) is 4.44. The first-order valence-electron chi connectivity index (χ1n) is 11.1. The fourth-order valence-electron chi connectivity index (χ4n) is 3.50. The van der Waals surface area contributed by atoms with Gasteiger partial charge in [-0.1, -0.05) is 18.2 Å². The molecule has 3 N–H and O–H groups in total. The number of hydrogen-bond acceptors (Lipinski definition) is 7. The Morgan fingerprint density at radius 3 is 2.51 bits per heavy atom. The first-order chi connectivity index (χ1) is 16.7. The zero-order valence-corrected chi connectivity index (χ0v) is 19.5. The summed E-state index contributed by atoms with van der Waals surface area (Å²) in [5.74, 6) is 0.0317. The minimum absolute atomic E-state index is 0.141. The molecule has 0 unspecified atom stereocenters. The van der Waals surface area contributed by atoms with Gasteiger partial charge in [0.25, 0.3) is 6.43 Å². The van der Waals surface area contributed by atoms with E-state index in [2.05, 4.69) is 25.9 Å². The number of carbonyl (C=O) groups is 1. The average molecular weight is 486 g/mol. The maximum Gasteiger partial charge on any atom is 0.341 e. The van der Waals surface area contributed by atoms with E-state index in [0.29, 0.717) is 18.7 Å². The van der Waals surface area contributed by atoms with Gasteiger partial charge in [-0.3, -0.25) is 0 Å². The highest BCUT2D eigenvalue weighted by Crippen LogP contribution is 2.32. The number of methoxy groups -OCH3 is 1. The predicted molar refractivity (Wildman–Crippen MR) is 128 cm³/mol. The van der Waals surface area contributed by atoms with Gasteiger partial charge in [-0.05, 0) is 42.7 Å². The van der Waals surface area contributed by atoms with Crippen molar-refractivity contribution in [2.75, 3.05) is 23.1 Å². The number of aryl methyl sites for hydroxylation is 2. The maximum absolute atomic E-state index is 13.6. The van der Waals surface area contributed by atoms with E-state index in [4.69, 9.17) is 4.74 Å². The van der Waals surface area contributed by atoms with E-state index >= 15 is 0 Å². The summed E-state index contributed by atoms with van der Waals surface area (Å²) in [4.78, 5) is 20.6. The van der Waals surface area contributed by atoms with E-state index in [1.54, 1.807) is 0 Å². The molecule has 1 aliphatic carbocycles. The van der Waals surface area contributed by atoms with Crippen molar-refractivity contribution in [3.8, 4) is 0 Å². The Labute approximate surface area is 201 Å². The van der Waals surface area contributed by atoms with Crippen molar-refractivity contribution in [1.29, 1.82) is 0 Å². The van der Waals surface area contributed by atoms with Gasteiger partial charge in [-0.25, -0.2) is 27.9 Å². The molecule has 1 fully saturated rings. The number of carbonyl (C=O) groups excluding carboxylic acids is 1. The molecular formula is C25H26F3N5O2. The molecule has 2 heterocycles. The lowest BCUT2D eigenvalue weighted by molar-refractivity contribution is 0.0601. The summed E-state index contributed by atoms with van der Waals surface area (Å²) < 4.78 is 45.3. The van der Waals surface area contributed by atoms with Crippen LogP contribution >= 0.6 is 0 Å². The van der Waals surface area contributed by atoms with Crippen molar-refractivity contribution in [3.63, 3.8) is 0 Å². The molecule has 2 aromatic heterocycles. The minimum Gasteiger partial charge on any atom is -0.465 e. The number of aromatic nitrogens is 2. The van der Waals surface area contributed by atoms with Crippen LogP contribution in [0.25, 0.3) is 0 Å². The molecule has 7 nitrogen and oxygen atoms in total. The zero-order chi connectivity index (χ0) is 25.1. The molecule has 0 spiro atoms. The second-order valence-electron chi connectivity index (χ2n) is 8.48. The minimum atomic E-state index is -2.70. The number of pyridine rings is 2. The molecule has 0 aliphatic heterocycles. The van der Waals surface area contributed by atoms with Crippen LogP contribution in [0.1, 0.15) is 45.5 Å². The SMILES string of the molecule is COC(=O)c1cnc(Nc2cc(C(F)F)cc(NCc3ccc(C)c(C)c3)n2)cc1N[C@@H]1C[C@@H]1F. The molecule has 4 rings (SSSR count). The molecule has 1 saturated carbocycles. The Hall–Kier alpha value is -3.82. The van der Waals surface area contributed by atoms with Gasteiger partial charge in [0.05, 0.1) is 18.8 Å². The van der Waals surface area contributed by atoms with Gasteiger partial charge in [0.15, 0.2) is 0 Å². The molecular weight excluding hydrogens is 459 g/mol. The quantitative estimate of drug-likeness (QED) is 0.335. The fourth-order valence-corrected chi connectivity index (χ4v) is 3.50. The molecule has 1 aromatic carbocycles. The molecule has 2 atom stereocenters. The third-order valence-corrected chi connectivity index (χ3v) is 5.76. The van der Waals surface area contributed by atoms with Crippen molar-refractivity contribution in [2.45, 2.75) is 45.5 Å². The molecule has 0 amide bonds. The highest BCUT2D eigenvalue weighted by atomic mass is 19.3. The summed E-state index contributed by atoms with van der Waals surface area (Å²) in [5.41, 5.74) is 3.56. The number of halogens is 3. The topological polar surface area (TPSA) is 88.2 Å². The largest absolute Gasteiger partial charge is 0.465 e. The smallest absolute Gasteiger partial charge is 0.341 e. The van der Waals surface area contributed by atoms with Crippen molar-refractivity contribution in [2.24, 2.45) is 0 Å². The predicted octanol–water partition coefficient (Wildman–Crippen LogP) is 5.70. The van der Waals surface area contributed by atoms with Crippen LogP contribution < -0.4 is 16.0 Å². The lowest BCUT2D eigenvalue weighted by Gasteiger charge is -2.14. The third kappa shape index (κ3) is 6.00. The summed E-state index contributed by atoms with van der Waals surface area (Å²) in [6, 6.07) is 9.62. The highest BCUT2D eigenvalue weighted by molar-refractivity contribution is 5.96. The average Bonchev–Trinajstić information content (AvgIpc) is 3.53. The number of alkyl halides is 3. The number of nitrogens with one attached hydrogen (secondary N) is 3. The van der Waals surface area contributed by atoms with E-state index in [1.165, 1.54) is 37.1 Å². The van der Waals surface area contributed by atoms with Gasteiger partial charge in [0.2, 0.25) is 0 Å². The van der Waals surface area contributed by atoms with Crippen LogP contribution in [0.3, 0.4) is 0 Å². The normalized spacial score (nSPS) is 16.7. The van der Waals surface area contributed by atoms with Crippen LogP contribution in [-0.2, 0) is 11.3 Å². The van der Waals surface area contributed by atoms with Gasteiger partial charge in [-0.15, -0.1) is 0 Å². The summed E-state index contributed by atoms with van der Waals surface area (Å²) in [5, 5.41) is 8.95. The van der Waals surface area contributed by atoms with Crippen LogP contribution in [0.2, 0.25) is 0 Å². The monoisotopic (exact) mass is 485 g/mol. The van der Waals surface area contributed by atoms with Crippen LogP contribution in [0, 0.1) is 13.8 Å². The fraction of sp³-hybridized carbons (Fsp3) is 0.320. The van der Waals surface area contributed by atoms with Crippen LogP contribution in [0.5, 0.6) is 0 Å². The molecule has 3 aromatic rings. The number of anilines is 4. The Morgan fingerprint density at radius 1 is 1.11 bits per heavy atom. The lowest BCUT2D eigenvalue weighted by Crippen LogP contribution is -2.12. The van der Waals surface area contributed by atoms with Gasteiger partial charge in [0.1, 0.15) is 29.2 Å². The number of rotatable bonds is 9. The zero-order valence-electron chi connectivity index (χ0n) is 19.5. The lowest BCUT2D eigenvalue weighted by atomic mass is 10.1. The van der Waals surface area contributed by atoms with E-state index in [1.807, 2.05) is 32.0 Å². The Morgan fingerprint density at radius 2 is 1.86 bits per heavy atom. The van der Waals surface area contributed by atoms with Crippen LogP contribution in [-0.4, -0.2) is 35.3 Å². The van der Waals surface area contributed by atoms with E-state index in [9.17, 15) is 18.0 Å². The van der Waals surface area contributed by atoms with E-state index in [-0.39, 0.29) is 28.6 Å². The highest BCUT2D eigenvalue weighted by Gasteiger charge is 2.38. The van der Waals surface area contributed by atoms with Crippen molar-refractivity contribution in [3.05, 3.63) is 70.4 Å². The Kier molecular flexibility index (Phi) is 7.09. The van der Waals surface area contributed by atoms with Gasteiger partial charge >= 0.3 is 5.97 Å². The van der Waals surface area contributed by atoms with E-state index < -0.39 is 24.6 Å². The molecule has 0 radical (unpaired) electrons. The number of ether oxygens (including phenoxy) is 1. The second kappa shape index (κ2) is 10.2. The van der Waals surface area contributed by atoms with Crippen LogP contribution in [0.15, 0.2) is 42.6 Å². The van der Waals surface area contributed by atoms with Crippen molar-refractivity contribution in [1.82, 2.24) is 9.97 Å². The van der Waals surface area contributed by atoms with Gasteiger partial charge < -0.3 is 20.7 Å². The number of nitrogens with zero attached hydrogens (tertiary/aromatic N) is 2. The first kappa shape index (κ1) is 24.3. The van der Waals surface area contributed by atoms with Crippen molar-refractivity contribution < 1.29 is 22.7 Å². The van der Waals surface area contributed by atoms with E-state index in [0.717, 1.165) is 11.1 Å². The molecule has 0 saturated heterocycles. The molecule has 35 heavy (non-hydrogen) atoms. The van der Waals surface area contributed by atoms with Gasteiger partial charge in [-0.2, -0.15) is 0 Å². The number of benzene rings is 1. The number of esters is 1. The molecule has 0 bridgehead atoms. The standard InChI is InChI=1S/C25H26F3N5O2/c1-13-4-5-15(6-14(13)2)11-29-21-7-16(24(27)28)8-23(32-21)33-22-10-19(31-20-9-18(20)26)17(12-30-22)25(34)35-3/h4-8,10,12,18,20,24H,9,11H2,1-3H3,(H3,29,30,31,32,33)/t18-,20+/m0/s1. The summed E-state index contributed by atoms with van der Waals surface area (Å²) >= 11 is 0. The maximum atomic E-state index is 13.6. The summed E-state index contributed by atoms with van der Waals surface area (Å²) in [6.07, 6.45) is -2.09. The third-order valence-electron chi connectivity index (χ3n) is 5.76. The molecule has 1 aliphatic rings. The van der Waals surface area contributed by atoms with Gasteiger partial charge in [0, 0.05) is 30.8 Å². The first-order valence-corrected chi connectivity index (χ1v) is 11.1. The molecule has 184 valence electrons.